The molecule has 4 aromatic rings. The van der Waals surface area contributed by atoms with Gasteiger partial charge in [0, 0.05) is 25.5 Å². The van der Waals surface area contributed by atoms with E-state index in [1.807, 2.05) is 0 Å². The van der Waals surface area contributed by atoms with Gasteiger partial charge in [-0.1, -0.05) is 27.4 Å². The van der Waals surface area contributed by atoms with Crippen LogP contribution >= 0.6 is 13.4 Å². The summed E-state index contributed by atoms with van der Waals surface area (Å²) in [5.74, 6) is 0.837. The molecule has 8 rings (SSSR count). The predicted molar refractivity (Wildman–Crippen MR) is 225 cm³/mol. The highest BCUT2D eigenvalue weighted by atomic mass is 32.5. The highest BCUT2D eigenvalue weighted by Crippen LogP contribution is 2.53. The minimum atomic E-state index is -4.08. The van der Waals surface area contributed by atoms with Crippen LogP contribution in [0, 0.1) is 5.41 Å². The number of nitrogen functional groups attached to an aromatic ring is 1. The van der Waals surface area contributed by atoms with Crippen molar-refractivity contribution >= 4 is 71.0 Å². The average Bonchev–Trinajstić information content (AvgIpc) is 4.01. The van der Waals surface area contributed by atoms with E-state index < -0.39 is 74.3 Å². The first-order valence-electron chi connectivity index (χ1n) is 19.1. The molecule has 0 amide bonds. The number of nitrogens with one attached hydrogen (secondary N) is 1. The number of rotatable bonds is 14. The van der Waals surface area contributed by atoms with Gasteiger partial charge in [-0.25, -0.2) is 29.9 Å². The summed E-state index contributed by atoms with van der Waals surface area (Å²) in [5.41, 5.74) is 12.3. The molecule has 61 heavy (non-hydrogen) atoms. The monoisotopic (exact) mass is 924 g/mol. The quantitative estimate of drug-likeness (QED) is 0.0985. The van der Waals surface area contributed by atoms with Gasteiger partial charge < -0.3 is 68.6 Å². The van der Waals surface area contributed by atoms with E-state index in [2.05, 4.69) is 62.2 Å². The van der Waals surface area contributed by atoms with E-state index in [1.54, 1.807) is 28.1 Å². The summed E-state index contributed by atoms with van der Waals surface area (Å²) in [4.78, 5) is 64.8. The fraction of sp³-hybridized carbons (Fsp3) is 0.559. The number of fused-ring (bicyclic) bond motifs is 2. The Morgan fingerprint density at radius 2 is 1.46 bits per heavy atom. The standard InChI is InChI=1S/C34H46N12O11P2S2/c1-17-43-24(35)5-6-44(17)25-7-18(47)22(54-25)11-51-58(49,60)57-20-9-27(46-16-42-29-32(46)39-14-40-33(29)48)55-23(20)12-52-59(50,61)56-19-8-26(53-21(19)10-34(2,3)4)45-15-41-28-30(36)37-13-38-31(28)45/h5-6,13-16,18-23,25-27,47H,1,7-12H2,2-4H3,(H2,35,43)(H,49,60)(H,50,61)(H2,36,37,38)(H,39,40,48)/t18-,19-,20-,21?,22?,23?,25+,26+,27+,58?,59?/m0/s1. The van der Waals surface area contributed by atoms with Gasteiger partial charge in [0.15, 0.2) is 22.6 Å². The number of aliphatic hydroxyl groups is 1. The Balaban J connectivity index is 0.958. The van der Waals surface area contributed by atoms with Crippen molar-refractivity contribution < 1.29 is 47.2 Å². The summed E-state index contributed by atoms with van der Waals surface area (Å²) in [6.07, 6.45) is 2.59. The van der Waals surface area contributed by atoms with Crippen molar-refractivity contribution in [2.75, 3.05) is 18.9 Å². The number of hydrogen-bond acceptors (Lipinski definition) is 20. The molecule has 330 valence electrons. The maximum Gasteiger partial charge on any atom is 0.324 e. The number of H-pyrrole nitrogens is 1. The number of hydrogen-bond donors (Lipinski definition) is 6. The van der Waals surface area contributed by atoms with Crippen LogP contribution in [-0.2, 0) is 55.9 Å². The van der Waals surface area contributed by atoms with E-state index in [4.69, 9.17) is 67.4 Å². The van der Waals surface area contributed by atoms with Gasteiger partial charge in [-0.2, -0.15) is 0 Å². The second kappa shape index (κ2) is 17.1. The number of aliphatic hydroxyl groups excluding tert-OH is 1. The fourth-order valence-electron chi connectivity index (χ4n) is 7.58. The molecule has 4 aliphatic heterocycles. The zero-order valence-corrected chi connectivity index (χ0v) is 36.5. The molecule has 0 aliphatic carbocycles. The van der Waals surface area contributed by atoms with Gasteiger partial charge in [0.1, 0.15) is 54.4 Å². The summed E-state index contributed by atoms with van der Waals surface area (Å²) >= 11 is 11.0. The third-order valence-electron chi connectivity index (χ3n) is 10.4. The predicted octanol–water partition coefficient (Wildman–Crippen LogP) is 1.92. The molecule has 23 nitrogen and oxygen atoms in total. The minimum Gasteiger partial charge on any atom is -0.390 e. The number of aromatic nitrogens is 8. The topological polar surface area (TPSA) is 300 Å². The summed E-state index contributed by atoms with van der Waals surface area (Å²) in [6.45, 7) is 1.24. The highest BCUT2D eigenvalue weighted by Gasteiger charge is 2.46. The maximum atomic E-state index is 12.4. The molecule has 0 aromatic carbocycles. The Bertz CT molecular complexity index is 2510. The Hall–Kier alpha value is -3.65. The molecule has 5 unspecified atom stereocenters. The van der Waals surface area contributed by atoms with Gasteiger partial charge in [-0.15, -0.1) is 0 Å². The summed E-state index contributed by atoms with van der Waals surface area (Å²) < 4.78 is 46.0. The van der Waals surface area contributed by atoms with E-state index in [0.717, 1.165) is 0 Å². The van der Waals surface area contributed by atoms with Crippen LogP contribution in [-0.4, -0.2) is 121 Å². The van der Waals surface area contributed by atoms with E-state index in [1.165, 1.54) is 23.5 Å². The fourth-order valence-corrected chi connectivity index (χ4v) is 10.5. The summed E-state index contributed by atoms with van der Waals surface area (Å²) in [5, 5.41) is 10.8. The molecule has 0 radical (unpaired) electrons. The molecule has 0 bridgehead atoms. The van der Waals surface area contributed by atoms with Crippen LogP contribution in [0.4, 0.5) is 5.82 Å². The SMILES string of the molecule is C=C1N=C(N)C=CN1[C@H]1C[C@H](O)C(COP(O)(=S)O[C@H]2C[C@H](n3cnc4c(=O)[nH]cnc43)OC2COP(O)(=S)O[C@H]2C[C@H](n3cnc4c(N)ncnc43)OC2CC(C)(C)C)O1. The summed E-state index contributed by atoms with van der Waals surface area (Å²) in [6, 6.07) is 0. The molecule has 8 N–H and O–H groups in total. The maximum absolute atomic E-state index is 12.4. The van der Waals surface area contributed by atoms with Crippen LogP contribution in [0.2, 0.25) is 0 Å². The van der Waals surface area contributed by atoms with Crippen molar-refractivity contribution in [3.63, 3.8) is 0 Å². The van der Waals surface area contributed by atoms with E-state index >= 15 is 0 Å². The Morgan fingerprint density at radius 1 is 0.869 bits per heavy atom. The van der Waals surface area contributed by atoms with Crippen molar-refractivity contribution in [3.05, 3.63) is 60.3 Å². The van der Waals surface area contributed by atoms with Crippen LogP contribution in [0.3, 0.4) is 0 Å². The lowest BCUT2D eigenvalue weighted by atomic mass is 9.87. The number of aliphatic imine (C=N–C) groups is 1. The van der Waals surface area contributed by atoms with Crippen molar-refractivity contribution in [1.29, 1.82) is 0 Å². The average molecular weight is 925 g/mol. The van der Waals surface area contributed by atoms with E-state index in [-0.39, 0.29) is 60.7 Å². The molecule has 8 heterocycles. The van der Waals surface area contributed by atoms with Crippen LogP contribution in [0.25, 0.3) is 22.3 Å². The Labute approximate surface area is 358 Å². The lowest BCUT2D eigenvalue weighted by Gasteiger charge is -2.29. The van der Waals surface area contributed by atoms with Crippen LogP contribution in [0.5, 0.6) is 0 Å². The molecule has 0 spiro atoms. The zero-order valence-electron chi connectivity index (χ0n) is 33.1. The van der Waals surface area contributed by atoms with Gasteiger partial charge >= 0.3 is 13.4 Å². The third-order valence-corrected chi connectivity index (χ3v) is 13.5. The Morgan fingerprint density at radius 3 is 2.11 bits per heavy atom. The molecule has 11 atom stereocenters. The first kappa shape index (κ1) is 44.0. The van der Waals surface area contributed by atoms with Crippen molar-refractivity contribution in [3.8, 4) is 0 Å². The minimum absolute atomic E-state index is 0.0435. The van der Waals surface area contributed by atoms with E-state index in [9.17, 15) is 19.7 Å². The van der Waals surface area contributed by atoms with Crippen molar-refractivity contribution in [2.45, 2.75) is 102 Å². The van der Waals surface area contributed by atoms with E-state index in [0.29, 0.717) is 23.4 Å². The molecule has 4 aliphatic rings. The van der Waals surface area contributed by atoms with Gasteiger partial charge in [0.2, 0.25) is 0 Å². The molecular formula is C34H46N12O11P2S2. The lowest BCUT2D eigenvalue weighted by molar-refractivity contribution is -0.0590. The molecule has 0 saturated carbocycles. The van der Waals surface area contributed by atoms with Crippen molar-refractivity contribution in [1.82, 2.24) is 43.9 Å². The third kappa shape index (κ3) is 9.80. The number of amidine groups is 1. The van der Waals surface area contributed by atoms with Gasteiger partial charge in [0.05, 0.1) is 56.6 Å². The zero-order chi connectivity index (χ0) is 43.4. The van der Waals surface area contributed by atoms with Crippen LogP contribution < -0.4 is 17.0 Å². The number of aromatic amines is 1. The van der Waals surface area contributed by atoms with Gasteiger partial charge in [-0.3, -0.25) is 13.9 Å². The second-order valence-corrected chi connectivity index (χ2v) is 21.6. The van der Waals surface area contributed by atoms with Crippen LogP contribution in [0.15, 0.2) is 59.8 Å². The molecule has 27 heteroatoms. The first-order valence-corrected chi connectivity index (χ1v) is 24.3. The highest BCUT2D eigenvalue weighted by molar-refractivity contribution is 8.07. The number of anilines is 1. The second-order valence-electron chi connectivity index (χ2n) is 16.1. The lowest BCUT2D eigenvalue weighted by Crippen LogP contribution is -2.33. The normalized spacial score (nSPS) is 30.3. The molecular weight excluding hydrogens is 879 g/mol. The summed E-state index contributed by atoms with van der Waals surface area (Å²) in [7, 11) is 0. The number of ether oxygens (including phenoxy) is 3. The molecule has 4 aromatic heterocycles. The molecule has 3 fully saturated rings. The van der Waals surface area contributed by atoms with Crippen LogP contribution in [0.1, 0.15) is 58.9 Å². The number of nitrogens with two attached hydrogens (primary N) is 2. The largest absolute Gasteiger partial charge is 0.390 e. The first-order chi connectivity index (χ1) is 28.8. The smallest absolute Gasteiger partial charge is 0.324 e. The van der Waals surface area contributed by atoms with Gasteiger partial charge in [0.25, 0.3) is 5.56 Å². The number of nitrogens with zero attached hydrogens (tertiary/aromatic N) is 9. The Kier molecular flexibility index (Phi) is 12.4. The van der Waals surface area contributed by atoms with Gasteiger partial charge in [-0.05, 0) is 41.5 Å². The number of imidazole rings is 2. The van der Waals surface area contributed by atoms with Crippen molar-refractivity contribution in [2.24, 2.45) is 16.1 Å². The molecule has 3 saturated heterocycles.